The quantitative estimate of drug-likeness (QED) is 0.646. The second kappa shape index (κ2) is 7.12. The summed E-state index contributed by atoms with van der Waals surface area (Å²) >= 11 is 0. The number of hydrogen-bond donors (Lipinski definition) is 0. The predicted molar refractivity (Wildman–Crippen MR) is 94.4 cm³/mol. The molecular formula is C17H20N4O3S. The Morgan fingerprint density at radius 1 is 1.12 bits per heavy atom. The molecule has 0 aliphatic rings. The van der Waals surface area contributed by atoms with Gasteiger partial charge in [-0.3, -0.25) is 4.68 Å². The fourth-order valence-electron chi connectivity index (χ4n) is 2.29. The molecule has 0 saturated carbocycles. The van der Waals surface area contributed by atoms with Gasteiger partial charge in [0.2, 0.25) is 10.0 Å². The molecule has 0 amide bonds. The molecule has 2 heterocycles. The van der Waals surface area contributed by atoms with Crippen molar-refractivity contribution < 1.29 is 13.2 Å². The third-order valence-corrected chi connectivity index (χ3v) is 5.54. The highest BCUT2D eigenvalue weighted by atomic mass is 32.2. The van der Waals surface area contributed by atoms with Crippen molar-refractivity contribution in [1.82, 2.24) is 18.7 Å². The first-order valence-corrected chi connectivity index (χ1v) is 9.22. The monoisotopic (exact) mass is 360 g/mol. The normalized spacial score (nSPS) is 11.8. The first kappa shape index (κ1) is 17.2. The van der Waals surface area contributed by atoms with Gasteiger partial charge < -0.3 is 9.30 Å². The van der Waals surface area contributed by atoms with Crippen molar-refractivity contribution >= 4 is 10.0 Å². The van der Waals surface area contributed by atoms with E-state index in [1.54, 1.807) is 35.1 Å². The average molecular weight is 360 g/mol. The molecule has 0 aliphatic heterocycles. The molecule has 0 radical (unpaired) electrons. The molecule has 0 bridgehead atoms. The zero-order chi connectivity index (χ0) is 17.9. The first-order valence-electron chi connectivity index (χ1n) is 7.78. The summed E-state index contributed by atoms with van der Waals surface area (Å²) in [6, 6.07) is 10.3. The van der Waals surface area contributed by atoms with E-state index < -0.39 is 10.0 Å². The van der Waals surface area contributed by atoms with Crippen molar-refractivity contribution in [3.63, 3.8) is 0 Å². The van der Waals surface area contributed by atoms with Gasteiger partial charge in [-0.05, 0) is 36.4 Å². The molecular weight excluding hydrogens is 340 g/mol. The van der Waals surface area contributed by atoms with Gasteiger partial charge >= 0.3 is 0 Å². The molecule has 2 aromatic heterocycles. The molecule has 25 heavy (non-hydrogen) atoms. The number of hydrogen-bond acceptors (Lipinski definition) is 4. The van der Waals surface area contributed by atoms with Gasteiger partial charge in [-0.25, -0.2) is 12.7 Å². The summed E-state index contributed by atoms with van der Waals surface area (Å²) in [5, 5.41) is 4.30. The minimum absolute atomic E-state index is 0.244. The van der Waals surface area contributed by atoms with Gasteiger partial charge in [-0.2, -0.15) is 5.10 Å². The summed E-state index contributed by atoms with van der Waals surface area (Å²) in [6.45, 7) is 1.03. The Morgan fingerprint density at radius 3 is 2.44 bits per heavy atom. The Morgan fingerprint density at radius 2 is 1.80 bits per heavy atom. The lowest BCUT2D eigenvalue weighted by Gasteiger charge is -2.12. The van der Waals surface area contributed by atoms with Crippen LogP contribution in [0.15, 0.2) is 66.1 Å². The van der Waals surface area contributed by atoms with Crippen molar-refractivity contribution in [1.29, 1.82) is 0 Å². The minimum atomic E-state index is -3.41. The SMILES string of the molecule is CN(C)S(=O)(=O)c1ccc(OCCn2cc(-n3cccc3)cn2)cc1. The minimum Gasteiger partial charge on any atom is -0.492 e. The van der Waals surface area contributed by atoms with Gasteiger partial charge in [0, 0.05) is 32.7 Å². The molecule has 0 fully saturated rings. The molecule has 0 saturated heterocycles. The summed E-state index contributed by atoms with van der Waals surface area (Å²) in [4.78, 5) is 0.244. The van der Waals surface area contributed by atoms with Gasteiger partial charge in [-0.1, -0.05) is 0 Å². The maximum Gasteiger partial charge on any atom is 0.242 e. The lowest BCUT2D eigenvalue weighted by atomic mass is 10.3. The molecule has 0 unspecified atom stereocenters. The van der Waals surface area contributed by atoms with E-state index in [2.05, 4.69) is 5.10 Å². The second-order valence-corrected chi connectivity index (χ2v) is 7.81. The van der Waals surface area contributed by atoms with Crippen molar-refractivity contribution in [3.8, 4) is 11.4 Å². The van der Waals surface area contributed by atoms with E-state index in [1.807, 2.05) is 35.3 Å². The van der Waals surface area contributed by atoms with Crippen LogP contribution in [-0.2, 0) is 16.6 Å². The van der Waals surface area contributed by atoms with Crippen LogP contribution in [0.25, 0.3) is 5.69 Å². The maximum absolute atomic E-state index is 12.0. The van der Waals surface area contributed by atoms with E-state index in [0.29, 0.717) is 18.9 Å². The van der Waals surface area contributed by atoms with Gasteiger partial charge in [0.1, 0.15) is 12.4 Å². The van der Waals surface area contributed by atoms with Crippen LogP contribution in [0.4, 0.5) is 0 Å². The highest BCUT2D eigenvalue weighted by Gasteiger charge is 2.16. The summed E-state index contributed by atoms with van der Waals surface area (Å²) in [7, 11) is -0.403. The van der Waals surface area contributed by atoms with Crippen molar-refractivity contribution in [3.05, 3.63) is 61.2 Å². The molecule has 7 nitrogen and oxygen atoms in total. The second-order valence-electron chi connectivity index (χ2n) is 5.66. The fourth-order valence-corrected chi connectivity index (χ4v) is 3.19. The molecule has 0 N–H and O–H groups in total. The van der Waals surface area contributed by atoms with E-state index in [1.165, 1.54) is 18.4 Å². The molecule has 0 atom stereocenters. The van der Waals surface area contributed by atoms with E-state index in [-0.39, 0.29) is 4.90 Å². The summed E-state index contributed by atoms with van der Waals surface area (Å²) in [5.41, 5.74) is 0.989. The smallest absolute Gasteiger partial charge is 0.242 e. The first-order chi connectivity index (χ1) is 12.0. The van der Waals surface area contributed by atoms with Crippen LogP contribution in [-0.4, -0.2) is 47.8 Å². The number of ether oxygens (including phenoxy) is 1. The predicted octanol–water partition coefficient (Wildman–Crippen LogP) is 2.00. The van der Waals surface area contributed by atoms with Crippen LogP contribution in [0.2, 0.25) is 0 Å². The molecule has 3 rings (SSSR count). The van der Waals surface area contributed by atoms with Crippen molar-refractivity contribution in [2.45, 2.75) is 11.4 Å². The van der Waals surface area contributed by atoms with E-state index >= 15 is 0 Å². The Kier molecular flexibility index (Phi) is 4.91. The average Bonchev–Trinajstić information content (AvgIpc) is 3.26. The topological polar surface area (TPSA) is 69.4 Å². The molecule has 1 aromatic carbocycles. The number of nitrogens with zero attached hydrogens (tertiary/aromatic N) is 4. The van der Waals surface area contributed by atoms with Gasteiger partial charge in [0.15, 0.2) is 0 Å². The highest BCUT2D eigenvalue weighted by molar-refractivity contribution is 7.89. The Labute approximate surface area is 147 Å². The molecule has 8 heteroatoms. The van der Waals surface area contributed by atoms with Crippen LogP contribution < -0.4 is 4.74 Å². The van der Waals surface area contributed by atoms with Crippen molar-refractivity contribution in [2.75, 3.05) is 20.7 Å². The van der Waals surface area contributed by atoms with Crippen LogP contribution in [0, 0.1) is 0 Å². The maximum atomic E-state index is 12.0. The van der Waals surface area contributed by atoms with E-state index in [0.717, 1.165) is 5.69 Å². The zero-order valence-electron chi connectivity index (χ0n) is 14.1. The summed E-state index contributed by atoms with van der Waals surface area (Å²) in [6.07, 6.45) is 7.65. The Bertz CT molecular complexity index is 913. The van der Waals surface area contributed by atoms with Crippen LogP contribution in [0.5, 0.6) is 5.75 Å². The van der Waals surface area contributed by atoms with Gasteiger partial charge in [-0.15, -0.1) is 0 Å². The standard InChI is InChI=1S/C17H20N4O3S/c1-19(2)25(22,23)17-7-5-16(6-8-17)24-12-11-21-14-15(13-18-21)20-9-3-4-10-20/h3-10,13-14H,11-12H2,1-2H3. The number of rotatable bonds is 7. The third-order valence-electron chi connectivity index (χ3n) is 3.71. The third kappa shape index (κ3) is 3.92. The van der Waals surface area contributed by atoms with Crippen molar-refractivity contribution in [2.24, 2.45) is 0 Å². The number of sulfonamides is 1. The molecule has 3 aromatic rings. The van der Waals surface area contributed by atoms with E-state index in [4.69, 9.17) is 4.74 Å². The lowest BCUT2D eigenvalue weighted by Crippen LogP contribution is -2.22. The largest absolute Gasteiger partial charge is 0.492 e. The van der Waals surface area contributed by atoms with E-state index in [9.17, 15) is 8.42 Å². The fraction of sp³-hybridized carbons (Fsp3) is 0.235. The van der Waals surface area contributed by atoms with Gasteiger partial charge in [0.05, 0.1) is 23.3 Å². The molecule has 0 aliphatic carbocycles. The zero-order valence-corrected chi connectivity index (χ0v) is 14.9. The summed E-state index contributed by atoms with van der Waals surface area (Å²) < 4.78 is 34.7. The lowest BCUT2D eigenvalue weighted by molar-refractivity contribution is 0.291. The summed E-state index contributed by atoms with van der Waals surface area (Å²) in [5.74, 6) is 0.621. The number of aromatic nitrogens is 3. The number of benzene rings is 1. The van der Waals surface area contributed by atoms with Crippen LogP contribution in [0.1, 0.15) is 0 Å². The Hall–Kier alpha value is -2.58. The van der Waals surface area contributed by atoms with Crippen LogP contribution in [0.3, 0.4) is 0 Å². The molecule has 0 spiro atoms. The highest BCUT2D eigenvalue weighted by Crippen LogP contribution is 2.18. The van der Waals surface area contributed by atoms with Gasteiger partial charge in [0.25, 0.3) is 0 Å². The molecule has 132 valence electrons. The Balaban J connectivity index is 1.56. The van der Waals surface area contributed by atoms with Crippen LogP contribution >= 0.6 is 0 Å².